The van der Waals surface area contributed by atoms with Gasteiger partial charge in [-0.2, -0.15) is 4.31 Å². The van der Waals surface area contributed by atoms with Gasteiger partial charge in [0.05, 0.1) is 23.7 Å². The lowest BCUT2D eigenvalue weighted by molar-refractivity contribution is 0.340. The van der Waals surface area contributed by atoms with Gasteiger partial charge in [0.2, 0.25) is 15.9 Å². The first-order valence-corrected chi connectivity index (χ1v) is 10.5. The topological polar surface area (TPSA) is 72.6 Å². The Morgan fingerprint density at radius 3 is 2.54 bits per heavy atom. The van der Waals surface area contributed by atoms with E-state index >= 15 is 0 Å². The standard InChI is InChI=1S/C20H21ClN2O4S/c1-4-26-17-8-10-18(11-9-17)28(24,25)23(3)13-19-14(2)27-20(22-19)15-6-5-7-16(21)12-15/h5-12H,4,13H2,1-3H3. The van der Waals surface area contributed by atoms with Crippen LogP contribution in [0.25, 0.3) is 11.5 Å². The van der Waals surface area contributed by atoms with Crippen molar-refractivity contribution >= 4 is 21.6 Å². The fraction of sp³-hybridized carbons (Fsp3) is 0.250. The predicted octanol–water partition coefficient (Wildman–Crippen LogP) is 4.52. The zero-order valence-corrected chi connectivity index (χ0v) is 17.4. The molecule has 0 N–H and O–H groups in total. The molecule has 0 spiro atoms. The largest absolute Gasteiger partial charge is 0.494 e. The molecule has 0 aliphatic heterocycles. The number of sulfonamides is 1. The fourth-order valence-corrected chi connectivity index (χ4v) is 3.99. The second-order valence-electron chi connectivity index (χ2n) is 6.20. The van der Waals surface area contributed by atoms with Crippen LogP contribution in [0.5, 0.6) is 5.75 Å². The average Bonchev–Trinajstić information content (AvgIpc) is 3.03. The van der Waals surface area contributed by atoms with Crippen LogP contribution in [0.1, 0.15) is 18.4 Å². The van der Waals surface area contributed by atoms with E-state index in [1.807, 2.05) is 13.0 Å². The minimum atomic E-state index is -3.67. The monoisotopic (exact) mass is 420 g/mol. The Bertz CT molecular complexity index is 1060. The molecule has 0 aliphatic rings. The van der Waals surface area contributed by atoms with Gasteiger partial charge in [-0.05, 0) is 56.3 Å². The number of hydrogen-bond donors (Lipinski definition) is 0. The lowest BCUT2D eigenvalue weighted by atomic mass is 10.2. The van der Waals surface area contributed by atoms with Gasteiger partial charge in [0.1, 0.15) is 11.5 Å². The number of nitrogens with zero attached hydrogens (tertiary/aromatic N) is 2. The molecule has 3 aromatic rings. The number of hydrogen-bond acceptors (Lipinski definition) is 5. The predicted molar refractivity (Wildman–Crippen MR) is 108 cm³/mol. The van der Waals surface area contributed by atoms with E-state index in [0.29, 0.717) is 34.7 Å². The van der Waals surface area contributed by atoms with Gasteiger partial charge in [-0.3, -0.25) is 0 Å². The third kappa shape index (κ3) is 4.38. The molecule has 0 saturated carbocycles. The van der Waals surface area contributed by atoms with Gasteiger partial charge in [-0.25, -0.2) is 13.4 Å². The summed E-state index contributed by atoms with van der Waals surface area (Å²) in [4.78, 5) is 4.64. The molecule has 28 heavy (non-hydrogen) atoms. The van der Waals surface area contributed by atoms with E-state index in [4.69, 9.17) is 20.8 Å². The van der Waals surface area contributed by atoms with Crippen LogP contribution in [-0.4, -0.2) is 31.4 Å². The number of oxazole rings is 1. The first kappa shape index (κ1) is 20.4. The van der Waals surface area contributed by atoms with E-state index in [9.17, 15) is 8.42 Å². The SMILES string of the molecule is CCOc1ccc(S(=O)(=O)N(C)Cc2nc(-c3cccc(Cl)c3)oc2C)cc1. The molecule has 0 fully saturated rings. The van der Waals surface area contributed by atoms with Gasteiger partial charge in [0.25, 0.3) is 0 Å². The van der Waals surface area contributed by atoms with Crippen molar-refractivity contribution in [3.05, 3.63) is 65.0 Å². The number of ether oxygens (including phenoxy) is 1. The summed E-state index contributed by atoms with van der Waals surface area (Å²) in [6.45, 7) is 4.24. The molecular weight excluding hydrogens is 400 g/mol. The molecule has 0 saturated heterocycles. The average molecular weight is 421 g/mol. The van der Waals surface area contributed by atoms with Crippen molar-refractivity contribution in [2.75, 3.05) is 13.7 Å². The minimum Gasteiger partial charge on any atom is -0.494 e. The maximum atomic E-state index is 12.8. The molecule has 6 nitrogen and oxygen atoms in total. The summed E-state index contributed by atoms with van der Waals surface area (Å²) in [6.07, 6.45) is 0. The molecule has 3 rings (SSSR count). The van der Waals surface area contributed by atoms with E-state index < -0.39 is 10.0 Å². The highest BCUT2D eigenvalue weighted by atomic mass is 35.5. The van der Waals surface area contributed by atoms with Crippen LogP contribution in [0.4, 0.5) is 0 Å². The fourth-order valence-electron chi connectivity index (χ4n) is 2.67. The number of aromatic nitrogens is 1. The third-order valence-corrected chi connectivity index (χ3v) is 6.23. The molecule has 148 valence electrons. The summed E-state index contributed by atoms with van der Waals surface area (Å²) in [7, 11) is -2.16. The van der Waals surface area contributed by atoms with Crippen LogP contribution in [0.3, 0.4) is 0 Å². The Morgan fingerprint density at radius 1 is 1.18 bits per heavy atom. The van der Waals surface area contributed by atoms with Gasteiger partial charge in [-0.1, -0.05) is 17.7 Å². The van der Waals surface area contributed by atoms with Gasteiger partial charge >= 0.3 is 0 Å². The summed E-state index contributed by atoms with van der Waals surface area (Å²) >= 11 is 6.02. The maximum absolute atomic E-state index is 12.8. The summed E-state index contributed by atoms with van der Waals surface area (Å²) in [5, 5.41) is 0.574. The van der Waals surface area contributed by atoms with Crippen molar-refractivity contribution < 1.29 is 17.6 Å². The van der Waals surface area contributed by atoms with Crippen LogP contribution in [0.2, 0.25) is 5.02 Å². The van der Waals surface area contributed by atoms with E-state index in [0.717, 1.165) is 5.56 Å². The zero-order chi connectivity index (χ0) is 20.3. The number of rotatable bonds is 7. The molecule has 0 aliphatic carbocycles. The van der Waals surface area contributed by atoms with Crippen molar-refractivity contribution in [1.29, 1.82) is 0 Å². The molecule has 0 atom stereocenters. The molecule has 1 aromatic heterocycles. The van der Waals surface area contributed by atoms with Crippen LogP contribution >= 0.6 is 11.6 Å². The lowest BCUT2D eigenvalue weighted by Crippen LogP contribution is -2.27. The van der Waals surface area contributed by atoms with Crippen LogP contribution in [0, 0.1) is 6.92 Å². The Kier molecular flexibility index (Phi) is 6.07. The normalized spacial score (nSPS) is 11.8. The van der Waals surface area contributed by atoms with E-state index in [1.54, 1.807) is 37.3 Å². The molecule has 2 aromatic carbocycles. The van der Waals surface area contributed by atoms with Crippen LogP contribution in [-0.2, 0) is 16.6 Å². The smallest absolute Gasteiger partial charge is 0.243 e. The summed E-state index contributed by atoms with van der Waals surface area (Å²) in [5.74, 6) is 1.59. The quantitative estimate of drug-likeness (QED) is 0.561. The molecule has 1 heterocycles. The molecule has 8 heteroatoms. The molecule has 0 radical (unpaired) electrons. The highest BCUT2D eigenvalue weighted by Gasteiger charge is 2.23. The zero-order valence-electron chi connectivity index (χ0n) is 15.8. The molecule has 0 bridgehead atoms. The van der Waals surface area contributed by atoms with E-state index in [2.05, 4.69) is 4.98 Å². The first-order chi connectivity index (χ1) is 13.3. The summed E-state index contributed by atoms with van der Waals surface area (Å²) in [6, 6.07) is 13.5. The number of halogens is 1. The Hall–Kier alpha value is -2.35. The van der Waals surface area contributed by atoms with Gasteiger partial charge in [0.15, 0.2) is 0 Å². The van der Waals surface area contributed by atoms with Crippen molar-refractivity contribution in [2.24, 2.45) is 0 Å². The third-order valence-electron chi connectivity index (χ3n) is 4.18. The maximum Gasteiger partial charge on any atom is 0.243 e. The van der Waals surface area contributed by atoms with Crippen molar-refractivity contribution in [3.8, 4) is 17.2 Å². The lowest BCUT2D eigenvalue weighted by Gasteiger charge is -2.16. The summed E-state index contributed by atoms with van der Waals surface area (Å²) < 4.78 is 38.0. The second-order valence-corrected chi connectivity index (χ2v) is 8.68. The second kappa shape index (κ2) is 8.34. The van der Waals surface area contributed by atoms with Gasteiger partial charge < -0.3 is 9.15 Å². The Labute approximate surface area is 169 Å². The minimum absolute atomic E-state index is 0.0887. The van der Waals surface area contributed by atoms with Gasteiger partial charge in [0, 0.05) is 17.6 Å². The van der Waals surface area contributed by atoms with E-state index in [1.165, 1.54) is 23.5 Å². The van der Waals surface area contributed by atoms with Crippen LogP contribution < -0.4 is 4.74 Å². The summed E-state index contributed by atoms with van der Waals surface area (Å²) in [5.41, 5.74) is 1.28. The van der Waals surface area contributed by atoms with Crippen LogP contribution in [0.15, 0.2) is 57.8 Å². The van der Waals surface area contributed by atoms with Crippen molar-refractivity contribution in [3.63, 3.8) is 0 Å². The van der Waals surface area contributed by atoms with E-state index in [-0.39, 0.29) is 11.4 Å². The van der Waals surface area contributed by atoms with Crippen molar-refractivity contribution in [2.45, 2.75) is 25.3 Å². The number of aryl methyl sites for hydroxylation is 1. The van der Waals surface area contributed by atoms with Crippen molar-refractivity contribution in [1.82, 2.24) is 9.29 Å². The first-order valence-electron chi connectivity index (χ1n) is 8.72. The highest BCUT2D eigenvalue weighted by molar-refractivity contribution is 7.89. The Morgan fingerprint density at radius 2 is 1.89 bits per heavy atom. The number of benzene rings is 2. The molecule has 0 unspecified atom stereocenters. The van der Waals surface area contributed by atoms with Gasteiger partial charge in [-0.15, -0.1) is 0 Å². The Balaban J connectivity index is 1.81. The molecular formula is C20H21ClN2O4S. The molecule has 0 amide bonds. The highest BCUT2D eigenvalue weighted by Crippen LogP contribution is 2.26.